The molecule has 1 saturated heterocycles. The molecule has 0 aromatic heterocycles. The van der Waals surface area contributed by atoms with Crippen LogP contribution in [-0.2, 0) is 13.0 Å². The van der Waals surface area contributed by atoms with Crippen molar-refractivity contribution in [3.05, 3.63) is 101 Å². The van der Waals surface area contributed by atoms with Crippen molar-refractivity contribution in [1.29, 1.82) is 0 Å². The van der Waals surface area contributed by atoms with Crippen LogP contribution >= 0.6 is 0 Å². The molecular formula is C30H37N3O3. The summed E-state index contributed by atoms with van der Waals surface area (Å²) in [5.41, 5.74) is 3.42. The summed E-state index contributed by atoms with van der Waals surface area (Å²) in [7, 11) is 0. The number of amides is 1. The van der Waals surface area contributed by atoms with E-state index in [1.54, 1.807) is 18.2 Å². The minimum absolute atomic E-state index is 0.0687. The Morgan fingerprint density at radius 3 is 2.33 bits per heavy atom. The van der Waals surface area contributed by atoms with Crippen LogP contribution in [0.25, 0.3) is 0 Å². The fraction of sp³-hybridized carbons (Fsp3) is 0.367. The first kappa shape index (κ1) is 25.9. The molecule has 4 N–H and O–H groups in total. The molecule has 4 rings (SSSR count). The molecule has 0 spiro atoms. The van der Waals surface area contributed by atoms with Crippen LogP contribution in [0, 0.1) is 0 Å². The number of phenolic OH excluding ortho intramolecular Hbond substituents is 1. The average molecular weight is 488 g/mol. The van der Waals surface area contributed by atoms with E-state index in [9.17, 15) is 15.0 Å². The van der Waals surface area contributed by atoms with E-state index in [1.165, 1.54) is 0 Å². The Bertz CT molecular complexity index is 1100. The van der Waals surface area contributed by atoms with Crippen molar-refractivity contribution < 1.29 is 15.0 Å². The fourth-order valence-corrected chi connectivity index (χ4v) is 4.74. The molecule has 0 unspecified atom stereocenters. The summed E-state index contributed by atoms with van der Waals surface area (Å²) in [6, 6.07) is 24.5. The van der Waals surface area contributed by atoms with E-state index in [-0.39, 0.29) is 17.7 Å². The molecule has 0 bridgehead atoms. The predicted octanol–water partition coefficient (Wildman–Crippen LogP) is 4.04. The lowest BCUT2D eigenvalue weighted by Crippen LogP contribution is -2.49. The first-order valence-corrected chi connectivity index (χ1v) is 12.8. The third-order valence-electron chi connectivity index (χ3n) is 6.95. The van der Waals surface area contributed by atoms with Crippen LogP contribution in [0.5, 0.6) is 5.75 Å². The van der Waals surface area contributed by atoms with Gasteiger partial charge < -0.3 is 20.8 Å². The summed E-state index contributed by atoms with van der Waals surface area (Å²) in [4.78, 5) is 15.6. The molecule has 1 fully saturated rings. The van der Waals surface area contributed by atoms with Crippen molar-refractivity contribution >= 4 is 5.91 Å². The maximum Gasteiger partial charge on any atom is 0.251 e. The lowest BCUT2D eigenvalue weighted by molar-refractivity contribution is 0.0825. The highest BCUT2D eigenvalue weighted by Gasteiger charge is 2.24. The lowest BCUT2D eigenvalue weighted by atomic mass is 9.99. The van der Waals surface area contributed by atoms with Crippen LogP contribution in [0.15, 0.2) is 78.9 Å². The van der Waals surface area contributed by atoms with Gasteiger partial charge in [0.05, 0.1) is 12.1 Å². The maximum atomic E-state index is 13.3. The third kappa shape index (κ3) is 7.17. The molecule has 190 valence electrons. The van der Waals surface area contributed by atoms with E-state index < -0.39 is 12.1 Å². The summed E-state index contributed by atoms with van der Waals surface area (Å²) in [6.45, 7) is 5.05. The van der Waals surface area contributed by atoms with Gasteiger partial charge in [0.1, 0.15) is 5.75 Å². The number of benzene rings is 3. The molecule has 1 aliphatic rings. The number of nitrogens with zero attached hydrogens (tertiary/aromatic N) is 1. The number of hydrogen-bond donors (Lipinski definition) is 4. The molecule has 36 heavy (non-hydrogen) atoms. The summed E-state index contributed by atoms with van der Waals surface area (Å²) >= 11 is 0. The number of carbonyl (C=O) groups is 1. The molecular weight excluding hydrogens is 450 g/mol. The number of rotatable bonds is 11. The van der Waals surface area contributed by atoms with Gasteiger partial charge in [0.2, 0.25) is 0 Å². The highest BCUT2D eigenvalue weighted by atomic mass is 16.3. The summed E-state index contributed by atoms with van der Waals surface area (Å²) < 4.78 is 0. The smallest absolute Gasteiger partial charge is 0.251 e. The Labute approximate surface area is 214 Å². The highest BCUT2D eigenvalue weighted by Crippen LogP contribution is 2.23. The number of nitrogens with one attached hydrogen (secondary N) is 2. The molecule has 3 aromatic carbocycles. The molecule has 0 aliphatic carbocycles. The molecule has 1 aliphatic heterocycles. The van der Waals surface area contributed by atoms with Crippen molar-refractivity contribution in [3.8, 4) is 5.75 Å². The van der Waals surface area contributed by atoms with Gasteiger partial charge in [-0.2, -0.15) is 0 Å². The second kappa shape index (κ2) is 12.7. The van der Waals surface area contributed by atoms with Gasteiger partial charge in [0.15, 0.2) is 0 Å². The van der Waals surface area contributed by atoms with Crippen molar-refractivity contribution in [3.63, 3.8) is 0 Å². The standard InChI is InChI=1S/C30H37N3O3/c1-22(24-12-6-3-7-13-24)31-20-29(35)27(18-23-10-4-2-5-11-23)32-30(36)25-14-15-28(34)26(19-25)21-33-16-8-9-17-33/h2-7,10-15,19,22,27,29,31,34-35H,8-9,16-18,20-21H2,1H3,(H,32,36)/t22-,27+,29-/m1/s1. The fourth-order valence-electron chi connectivity index (χ4n) is 4.74. The van der Waals surface area contributed by atoms with Gasteiger partial charge in [-0.1, -0.05) is 60.7 Å². The van der Waals surface area contributed by atoms with Gasteiger partial charge in [-0.3, -0.25) is 9.69 Å². The number of carbonyl (C=O) groups excluding carboxylic acids is 1. The molecule has 6 nitrogen and oxygen atoms in total. The van der Waals surface area contributed by atoms with Gasteiger partial charge in [0, 0.05) is 30.3 Å². The normalized spacial score (nSPS) is 16.4. The first-order valence-electron chi connectivity index (χ1n) is 12.8. The van der Waals surface area contributed by atoms with Gasteiger partial charge in [-0.15, -0.1) is 0 Å². The minimum atomic E-state index is -0.790. The zero-order valence-corrected chi connectivity index (χ0v) is 20.9. The van der Waals surface area contributed by atoms with Crippen LogP contribution in [0.4, 0.5) is 0 Å². The summed E-state index contributed by atoms with van der Waals surface area (Å²) in [5.74, 6) is -0.0489. The Morgan fingerprint density at radius 1 is 0.972 bits per heavy atom. The van der Waals surface area contributed by atoms with Crippen molar-refractivity contribution in [1.82, 2.24) is 15.5 Å². The monoisotopic (exact) mass is 487 g/mol. The second-order valence-corrected chi connectivity index (χ2v) is 9.70. The summed E-state index contributed by atoms with van der Waals surface area (Å²) in [6.07, 6.45) is 2.04. The van der Waals surface area contributed by atoms with E-state index in [2.05, 4.69) is 34.6 Å². The van der Waals surface area contributed by atoms with Gasteiger partial charge in [-0.25, -0.2) is 0 Å². The zero-order chi connectivity index (χ0) is 25.3. The largest absolute Gasteiger partial charge is 0.508 e. The topological polar surface area (TPSA) is 84.8 Å². The van der Waals surface area contributed by atoms with Crippen molar-refractivity contribution in [2.75, 3.05) is 19.6 Å². The quantitative estimate of drug-likeness (QED) is 0.328. The zero-order valence-electron chi connectivity index (χ0n) is 20.9. The Morgan fingerprint density at radius 2 is 1.64 bits per heavy atom. The van der Waals surface area contributed by atoms with Crippen LogP contribution < -0.4 is 10.6 Å². The van der Waals surface area contributed by atoms with E-state index in [0.29, 0.717) is 25.1 Å². The SMILES string of the molecule is C[C@@H](NC[C@@H](O)[C@H](Cc1ccccc1)NC(=O)c1ccc(O)c(CN2CCCC2)c1)c1ccccc1. The minimum Gasteiger partial charge on any atom is -0.508 e. The number of likely N-dealkylation sites (tertiary alicyclic amines) is 1. The van der Waals surface area contributed by atoms with E-state index in [0.717, 1.165) is 42.6 Å². The lowest BCUT2D eigenvalue weighted by Gasteiger charge is -2.26. The van der Waals surface area contributed by atoms with Crippen LogP contribution in [0.3, 0.4) is 0 Å². The molecule has 1 amide bonds. The maximum absolute atomic E-state index is 13.3. The molecule has 1 heterocycles. The Hall–Kier alpha value is -3.19. The number of phenols is 1. The van der Waals surface area contributed by atoms with Crippen LogP contribution in [0.1, 0.15) is 52.9 Å². The molecule has 0 saturated carbocycles. The number of aliphatic hydroxyl groups excluding tert-OH is 1. The van der Waals surface area contributed by atoms with Crippen LogP contribution in [-0.4, -0.2) is 52.8 Å². The molecule has 0 radical (unpaired) electrons. The molecule has 6 heteroatoms. The van der Waals surface area contributed by atoms with Crippen molar-refractivity contribution in [2.24, 2.45) is 0 Å². The Balaban J connectivity index is 1.45. The third-order valence-corrected chi connectivity index (χ3v) is 6.95. The number of hydrogen-bond acceptors (Lipinski definition) is 5. The van der Waals surface area contributed by atoms with Gasteiger partial charge in [-0.05, 0) is 68.6 Å². The van der Waals surface area contributed by atoms with E-state index in [4.69, 9.17) is 0 Å². The molecule has 3 aromatic rings. The second-order valence-electron chi connectivity index (χ2n) is 9.70. The highest BCUT2D eigenvalue weighted by molar-refractivity contribution is 5.94. The molecule has 3 atom stereocenters. The number of aliphatic hydroxyl groups is 1. The Kier molecular flexibility index (Phi) is 9.11. The van der Waals surface area contributed by atoms with Gasteiger partial charge >= 0.3 is 0 Å². The number of aromatic hydroxyl groups is 1. The van der Waals surface area contributed by atoms with Crippen LogP contribution in [0.2, 0.25) is 0 Å². The van der Waals surface area contributed by atoms with Gasteiger partial charge in [0.25, 0.3) is 5.91 Å². The predicted molar refractivity (Wildman–Crippen MR) is 143 cm³/mol. The first-order chi connectivity index (χ1) is 17.5. The average Bonchev–Trinajstić information content (AvgIpc) is 3.42. The van der Waals surface area contributed by atoms with E-state index in [1.807, 2.05) is 48.5 Å². The summed E-state index contributed by atoms with van der Waals surface area (Å²) in [5, 5.41) is 27.9. The van der Waals surface area contributed by atoms with E-state index >= 15 is 0 Å². The van der Waals surface area contributed by atoms with Crippen molar-refractivity contribution in [2.45, 2.75) is 50.9 Å².